The van der Waals surface area contributed by atoms with Crippen LogP contribution in [-0.4, -0.2) is 27.0 Å². The van der Waals surface area contributed by atoms with E-state index in [1.165, 1.54) is 0 Å². The van der Waals surface area contributed by atoms with E-state index in [4.69, 9.17) is 0 Å². The average Bonchev–Trinajstić information content (AvgIpc) is 2.35. The quantitative estimate of drug-likeness (QED) is 0.861. The molecule has 0 atom stereocenters. The Balaban J connectivity index is 2.44. The van der Waals surface area contributed by atoms with Gasteiger partial charge in [-0.05, 0) is 44.4 Å². The smallest absolute Gasteiger partial charge is 0.339 e. The molecule has 7 heteroatoms. The van der Waals surface area contributed by atoms with Gasteiger partial charge in [-0.15, -0.1) is 0 Å². The molecule has 2 rings (SSSR count). The number of methoxy groups -OCH3 is 1. The van der Waals surface area contributed by atoms with E-state index in [0.29, 0.717) is 0 Å². The molecule has 0 unspecified atom stereocenters. The molecule has 0 spiro atoms. The van der Waals surface area contributed by atoms with Crippen LogP contribution in [0.4, 0.5) is 4.39 Å². The maximum absolute atomic E-state index is 13.3. The number of carbonyl (C=O) groups is 1. The van der Waals surface area contributed by atoms with Gasteiger partial charge >= 0.3 is 5.97 Å². The lowest BCUT2D eigenvalue weighted by molar-refractivity contribution is 0.0596. The number of esters is 1. The van der Waals surface area contributed by atoms with Crippen molar-refractivity contribution in [2.24, 2.45) is 0 Å². The van der Waals surface area contributed by atoms with Crippen LogP contribution < -0.4 is 4.72 Å². The van der Waals surface area contributed by atoms with Crippen molar-refractivity contribution in [2.75, 3.05) is 7.11 Å². The summed E-state index contributed by atoms with van der Waals surface area (Å²) in [6.45, 7) is 1.78. The van der Waals surface area contributed by atoms with Gasteiger partial charge in [0.2, 0.25) is 10.0 Å². The Kier molecular flexibility index (Phi) is 3.84. The average molecular weight is 301 g/mol. The van der Waals surface area contributed by atoms with Crippen molar-refractivity contribution in [3.8, 4) is 0 Å². The van der Waals surface area contributed by atoms with Crippen molar-refractivity contribution in [1.82, 2.24) is 4.72 Å². The molecule has 1 aliphatic carbocycles. The topological polar surface area (TPSA) is 72.5 Å². The minimum atomic E-state index is -3.98. The molecule has 5 nitrogen and oxygen atoms in total. The lowest BCUT2D eigenvalue weighted by Gasteiger charge is -2.38. The van der Waals surface area contributed by atoms with E-state index in [0.717, 1.165) is 44.6 Å². The fraction of sp³-hybridized carbons (Fsp3) is 0.462. The van der Waals surface area contributed by atoms with Crippen LogP contribution in [-0.2, 0) is 14.8 Å². The molecule has 0 radical (unpaired) electrons. The number of carbonyl (C=O) groups excluding carboxylic acids is 1. The molecule has 0 amide bonds. The number of hydrogen-bond acceptors (Lipinski definition) is 4. The lowest BCUT2D eigenvalue weighted by atomic mass is 9.80. The SMILES string of the molecule is COC(=O)c1ccc(F)cc1S(=O)(=O)NC1(C)CCC1. The van der Waals surface area contributed by atoms with Gasteiger partial charge in [0.1, 0.15) is 5.82 Å². The van der Waals surface area contributed by atoms with Crippen LogP contribution in [0.5, 0.6) is 0 Å². The maximum Gasteiger partial charge on any atom is 0.339 e. The van der Waals surface area contributed by atoms with E-state index in [1.54, 1.807) is 6.92 Å². The van der Waals surface area contributed by atoms with Crippen molar-refractivity contribution >= 4 is 16.0 Å². The third kappa shape index (κ3) is 2.83. The molecule has 110 valence electrons. The summed E-state index contributed by atoms with van der Waals surface area (Å²) < 4.78 is 45.1. The highest BCUT2D eigenvalue weighted by atomic mass is 32.2. The molecule has 1 aromatic rings. The number of halogens is 1. The summed E-state index contributed by atoms with van der Waals surface area (Å²) in [5.74, 6) is -1.54. The van der Waals surface area contributed by atoms with Gasteiger partial charge in [-0.1, -0.05) is 0 Å². The number of ether oxygens (including phenoxy) is 1. The predicted octanol–water partition coefficient (Wildman–Crippen LogP) is 1.83. The first-order valence-corrected chi connectivity index (χ1v) is 7.68. The van der Waals surface area contributed by atoms with Crippen LogP contribution in [0.1, 0.15) is 36.5 Å². The molecule has 1 aromatic carbocycles. The van der Waals surface area contributed by atoms with Crippen LogP contribution in [0.25, 0.3) is 0 Å². The summed E-state index contributed by atoms with van der Waals surface area (Å²) in [7, 11) is -2.84. The van der Waals surface area contributed by atoms with Crippen LogP contribution in [0.15, 0.2) is 23.1 Å². The second-order valence-corrected chi connectivity index (χ2v) is 6.80. The molecule has 0 aliphatic heterocycles. The standard InChI is InChI=1S/C13H16FNO4S/c1-13(6-3-7-13)15-20(17,18)11-8-9(14)4-5-10(11)12(16)19-2/h4-5,8,15H,3,6-7H2,1-2H3. The number of rotatable bonds is 4. The molecular weight excluding hydrogens is 285 g/mol. The monoisotopic (exact) mass is 301 g/mol. The number of nitrogens with one attached hydrogen (secondary N) is 1. The minimum Gasteiger partial charge on any atom is -0.465 e. The van der Waals surface area contributed by atoms with Crippen molar-refractivity contribution in [3.63, 3.8) is 0 Å². The summed E-state index contributed by atoms with van der Waals surface area (Å²) in [5, 5.41) is 0. The Labute approximate surface area is 117 Å². The van der Waals surface area contributed by atoms with Crippen molar-refractivity contribution in [2.45, 2.75) is 36.6 Å². The summed E-state index contributed by atoms with van der Waals surface area (Å²) in [6, 6.07) is 2.96. The van der Waals surface area contributed by atoms with Crippen LogP contribution in [0, 0.1) is 5.82 Å². The van der Waals surface area contributed by atoms with Gasteiger partial charge < -0.3 is 4.74 Å². The summed E-state index contributed by atoms with van der Waals surface area (Å²) in [6.07, 6.45) is 2.37. The Morgan fingerprint density at radius 3 is 2.55 bits per heavy atom. The molecule has 20 heavy (non-hydrogen) atoms. The molecule has 0 saturated heterocycles. The lowest BCUT2D eigenvalue weighted by Crippen LogP contribution is -2.51. The van der Waals surface area contributed by atoms with E-state index in [-0.39, 0.29) is 5.56 Å². The van der Waals surface area contributed by atoms with E-state index in [1.807, 2.05) is 0 Å². The normalized spacial score (nSPS) is 17.4. The van der Waals surface area contributed by atoms with Crippen molar-refractivity contribution in [3.05, 3.63) is 29.6 Å². The molecule has 1 fully saturated rings. The fourth-order valence-electron chi connectivity index (χ4n) is 2.19. The highest BCUT2D eigenvalue weighted by molar-refractivity contribution is 7.89. The summed E-state index contributed by atoms with van der Waals surface area (Å²) in [4.78, 5) is 11.2. The second kappa shape index (κ2) is 5.14. The number of sulfonamides is 1. The van der Waals surface area contributed by atoms with Crippen LogP contribution >= 0.6 is 0 Å². The molecule has 1 aliphatic rings. The Bertz CT molecular complexity index is 638. The van der Waals surface area contributed by atoms with Crippen LogP contribution in [0.3, 0.4) is 0 Å². The fourth-order valence-corrected chi connectivity index (χ4v) is 3.86. The maximum atomic E-state index is 13.3. The zero-order chi connectivity index (χ0) is 15.0. The van der Waals surface area contributed by atoms with Gasteiger partial charge in [0.25, 0.3) is 0 Å². The van der Waals surface area contributed by atoms with Gasteiger partial charge in [0.05, 0.1) is 17.6 Å². The number of hydrogen-bond donors (Lipinski definition) is 1. The highest BCUT2D eigenvalue weighted by Gasteiger charge is 2.37. The molecule has 0 heterocycles. The first-order chi connectivity index (χ1) is 9.27. The Morgan fingerprint density at radius 2 is 2.05 bits per heavy atom. The van der Waals surface area contributed by atoms with E-state index >= 15 is 0 Å². The van der Waals surface area contributed by atoms with Gasteiger partial charge in [-0.25, -0.2) is 22.3 Å². The van der Waals surface area contributed by atoms with Gasteiger partial charge in [0.15, 0.2) is 0 Å². The van der Waals surface area contributed by atoms with E-state index in [9.17, 15) is 17.6 Å². The summed E-state index contributed by atoms with van der Waals surface area (Å²) >= 11 is 0. The second-order valence-electron chi connectivity index (χ2n) is 5.15. The van der Waals surface area contributed by atoms with E-state index in [2.05, 4.69) is 9.46 Å². The van der Waals surface area contributed by atoms with Gasteiger partial charge in [-0.3, -0.25) is 0 Å². The Hall–Kier alpha value is -1.47. The first-order valence-electron chi connectivity index (χ1n) is 6.19. The zero-order valence-electron chi connectivity index (χ0n) is 11.3. The highest BCUT2D eigenvalue weighted by Crippen LogP contribution is 2.33. The molecular formula is C13H16FNO4S. The molecule has 1 N–H and O–H groups in total. The zero-order valence-corrected chi connectivity index (χ0v) is 12.1. The van der Waals surface area contributed by atoms with Crippen molar-refractivity contribution < 1.29 is 22.3 Å². The predicted molar refractivity (Wildman–Crippen MR) is 70.3 cm³/mol. The summed E-state index contributed by atoms with van der Waals surface area (Å²) in [5.41, 5.74) is -0.706. The van der Waals surface area contributed by atoms with E-state index < -0.39 is 32.2 Å². The first kappa shape index (κ1) is 14.9. The largest absolute Gasteiger partial charge is 0.465 e. The third-order valence-electron chi connectivity index (χ3n) is 3.48. The minimum absolute atomic E-state index is 0.177. The van der Waals surface area contributed by atoms with Gasteiger partial charge in [-0.2, -0.15) is 0 Å². The number of benzene rings is 1. The van der Waals surface area contributed by atoms with Crippen LogP contribution in [0.2, 0.25) is 0 Å². The third-order valence-corrected chi connectivity index (χ3v) is 5.15. The molecule has 0 aromatic heterocycles. The Morgan fingerprint density at radius 1 is 1.40 bits per heavy atom. The molecule has 1 saturated carbocycles. The van der Waals surface area contributed by atoms with Gasteiger partial charge in [0, 0.05) is 5.54 Å². The van der Waals surface area contributed by atoms with Crippen molar-refractivity contribution in [1.29, 1.82) is 0 Å². The molecule has 0 bridgehead atoms.